The van der Waals surface area contributed by atoms with E-state index in [1.54, 1.807) is 19.2 Å². The summed E-state index contributed by atoms with van der Waals surface area (Å²) in [7, 11) is 1.61. The van der Waals surface area contributed by atoms with Crippen LogP contribution in [0.15, 0.2) is 42.5 Å². The Bertz CT molecular complexity index is 614. The molecule has 3 nitrogen and oxygen atoms in total. The third kappa shape index (κ3) is 3.05. The van der Waals surface area contributed by atoms with Gasteiger partial charge in [-0.05, 0) is 36.2 Å². The zero-order valence-corrected chi connectivity index (χ0v) is 11.1. The van der Waals surface area contributed by atoms with Gasteiger partial charge in [0.25, 0.3) is 0 Å². The average molecular weight is 252 g/mol. The zero-order valence-electron chi connectivity index (χ0n) is 11.1. The van der Waals surface area contributed by atoms with Gasteiger partial charge >= 0.3 is 0 Å². The molecule has 0 fully saturated rings. The standard InChI is InChI=1S/C16H16N2O/c1-3-12-5-4-6-14(9-12)18-16-10-15(19-2)8-7-13(16)11-17/h4-10,18H,3H2,1-2H3. The van der Waals surface area contributed by atoms with Crippen LogP contribution in [0.5, 0.6) is 5.75 Å². The molecule has 0 spiro atoms. The summed E-state index contributed by atoms with van der Waals surface area (Å²) in [5.74, 6) is 0.730. The number of benzene rings is 2. The Hall–Kier alpha value is -2.47. The molecule has 0 aromatic heterocycles. The van der Waals surface area contributed by atoms with Crippen molar-refractivity contribution < 1.29 is 4.74 Å². The van der Waals surface area contributed by atoms with Gasteiger partial charge in [-0.15, -0.1) is 0 Å². The molecule has 2 rings (SSSR count). The van der Waals surface area contributed by atoms with Crippen LogP contribution in [-0.4, -0.2) is 7.11 Å². The highest BCUT2D eigenvalue weighted by Gasteiger charge is 2.04. The highest BCUT2D eigenvalue weighted by molar-refractivity contribution is 5.68. The Labute approximate surface area is 113 Å². The largest absolute Gasteiger partial charge is 0.497 e. The van der Waals surface area contributed by atoms with E-state index in [9.17, 15) is 0 Å². The minimum Gasteiger partial charge on any atom is -0.497 e. The molecular weight excluding hydrogens is 236 g/mol. The van der Waals surface area contributed by atoms with Gasteiger partial charge < -0.3 is 10.1 Å². The first-order valence-electron chi connectivity index (χ1n) is 6.21. The third-order valence-corrected chi connectivity index (χ3v) is 2.96. The smallest absolute Gasteiger partial charge is 0.121 e. The van der Waals surface area contributed by atoms with Crippen LogP contribution in [0.4, 0.5) is 11.4 Å². The van der Waals surface area contributed by atoms with Crippen LogP contribution in [0.25, 0.3) is 0 Å². The van der Waals surface area contributed by atoms with Gasteiger partial charge in [0.05, 0.1) is 18.4 Å². The molecule has 1 N–H and O–H groups in total. The summed E-state index contributed by atoms with van der Waals surface area (Å²) in [5, 5.41) is 12.4. The zero-order chi connectivity index (χ0) is 13.7. The molecule has 2 aromatic carbocycles. The number of nitrogens with one attached hydrogen (secondary N) is 1. The first-order chi connectivity index (χ1) is 9.26. The van der Waals surface area contributed by atoms with Crippen LogP contribution in [-0.2, 0) is 6.42 Å². The van der Waals surface area contributed by atoms with Crippen molar-refractivity contribution in [2.45, 2.75) is 13.3 Å². The normalized spacial score (nSPS) is 9.74. The highest BCUT2D eigenvalue weighted by atomic mass is 16.5. The molecular formula is C16H16N2O. The second kappa shape index (κ2) is 5.92. The molecule has 0 unspecified atom stereocenters. The number of hydrogen-bond acceptors (Lipinski definition) is 3. The summed E-state index contributed by atoms with van der Waals surface area (Å²) in [6, 6.07) is 15.7. The van der Waals surface area contributed by atoms with E-state index in [4.69, 9.17) is 10.00 Å². The van der Waals surface area contributed by atoms with Gasteiger partial charge in [-0.1, -0.05) is 19.1 Å². The summed E-state index contributed by atoms with van der Waals surface area (Å²) in [6.07, 6.45) is 0.985. The van der Waals surface area contributed by atoms with Crippen molar-refractivity contribution in [3.63, 3.8) is 0 Å². The fraction of sp³-hybridized carbons (Fsp3) is 0.188. The van der Waals surface area contributed by atoms with Crippen LogP contribution in [0, 0.1) is 11.3 Å². The number of nitrogens with zero attached hydrogens (tertiary/aromatic N) is 1. The Morgan fingerprint density at radius 2 is 2.05 bits per heavy atom. The van der Waals surface area contributed by atoms with Gasteiger partial charge in [0.2, 0.25) is 0 Å². The van der Waals surface area contributed by atoms with Crippen molar-refractivity contribution in [2.24, 2.45) is 0 Å². The number of anilines is 2. The molecule has 0 saturated carbocycles. The molecule has 0 aliphatic rings. The fourth-order valence-electron chi connectivity index (χ4n) is 1.88. The summed E-state index contributed by atoms with van der Waals surface area (Å²) in [4.78, 5) is 0. The Morgan fingerprint density at radius 3 is 2.74 bits per heavy atom. The first kappa shape index (κ1) is 13.0. The summed E-state index contributed by atoms with van der Waals surface area (Å²) in [6.45, 7) is 2.12. The maximum Gasteiger partial charge on any atom is 0.121 e. The lowest BCUT2D eigenvalue weighted by Gasteiger charge is -2.11. The quantitative estimate of drug-likeness (QED) is 0.898. The number of methoxy groups -OCH3 is 1. The van der Waals surface area contributed by atoms with E-state index in [1.165, 1.54) is 5.56 Å². The fourth-order valence-corrected chi connectivity index (χ4v) is 1.88. The minimum atomic E-state index is 0.600. The van der Waals surface area contributed by atoms with Crippen LogP contribution in [0.3, 0.4) is 0 Å². The van der Waals surface area contributed by atoms with E-state index in [2.05, 4.69) is 30.4 Å². The van der Waals surface area contributed by atoms with E-state index in [0.717, 1.165) is 23.5 Å². The topological polar surface area (TPSA) is 45.0 Å². The van der Waals surface area contributed by atoms with Crippen molar-refractivity contribution in [3.8, 4) is 11.8 Å². The van der Waals surface area contributed by atoms with E-state index < -0.39 is 0 Å². The molecule has 0 bridgehead atoms. The second-order valence-corrected chi connectivity index (χ2v) is 4.20. The molecule has 0 saturated heterocycles. The summed E-state index contributed by atoms with van der Waals surface area (Å²) >= 11 is 0. The van der Waals surface area contributed by atoms with Gasteiger partial charge in [-0.25, -0.2) is 0 Å². The maximum atomic E-state index is 9.13. The van der Waals surface area contributed by atoms with E-state index in [0.29, 0.717) is 5.56 Å². The number of ether oxygens (including phenoxy) is 1. The molecule has 0 amide bonds. The van der Waals surface area contributed by atoms with Crippen LogP contribution >= 0.6 is 0 Å². The molecule has 3 heteroatoms. The Morgan fingerprint density at radius 1 is 1.21 bits per heavy atom. The Balaban J connectivity index is 2.33. The third-order valence-electron chi connectivity index (χ3n) is 2.96. The molecule has 0 atom stereocenters. The molecule has 0 radical (unpaired) electrons. The summed E-state index contributed by atoms with van der Waals surface area (Å²) < 4.78 is 5.19. The van der Waals surface area contributed by atoms with Crippen LogP contribution < -0.4 is 10.1 Å². The maximum absolute atomic E-state index is 9.13. The second-order valence-electron chi connectivity index (χ2n) is 4.20. The first-order valence-corrected chi connectivity index (χ1v) is 6.21. The predicted octanol–water partition coefficient (Wildman–Crippen LogP) is 3.87. The monoisotopic (exact) mass is 252 g/mol. The lowest BCUT2D eigenvalue weighted by molar-refractivity contribution is 0.415. The van der Waals surface area contributed by atoms with Crippen molar-refractivity contribution in [3.05, 3.63) is 53.6 Å². The van der Waals surface area contributed by atoms with Gasteiger partial charge in [0.1, 0.15) is 11.8 Å². The van der Waals surface area contributed by atoms with E-state index in [1.807, 2.05) is 18.2 Å². The number of rotatable bonds is 4. The Kier molecular flexibility index (Phi) is 4.04. The van der Waals surface area contributed by atoms with Crippen molar-refractivity contribution in [1.29, 1.82) is 5.26 Å². The average Bonchev–Trinajstić information content (AvgIpc) is 2.47. The SMILES string of the molecule is CCc1cccc(Nc2cc(OC)ccc2C#N)c1. The van der Waals surface area contributed by atoms with Gasteiger partial charge in [0.15, 0.2) is 0 Å². The van der Waals surface area contributed by atoms with Crippen LogP contribution in [0.1, 0.15) is 18.1 Å². The minimum absolute atomic E-state index is 0.600. The lowest BCUT2D eigenvalue weighted by Crippen LogP contribution is -1.95. The molecule has 2 aromatic rings. The number of hydrogen-bond donors (Lipinski definition) is 1. The van der Waals surface area contributed by atoms with Crippen molar-refractivity contribution >= 4 is 11.4 Å². The van der Waals surface area contributed by atoms with Gasteiger partial charge in [-0.2, -0.15) is 5.26 Å². The molecule has 0 aliphatic carbocycles. The van der Waals surface area contributed by atoms with Crippen LogP contribution in [0.2, 0.25) is 0 Å². The lowest BCUT2D eigenvalue weighted by atomic mass is 10.1. The van der Waals surface area contributed by atoms with Gasteiger partial charge in [0, 0.05) is 11.8 Å². The number of aryl methyl sites for hydroxylation is 1. The molecule has 0 aliphatic heterocycles. The molecule has 0 heterocycles. The van der Waals surface area contributed by atoms with E-state index in [-0.39, 0.29) is 0 Å². The van der Waals surface area contributed by atoms with Crippen molar-refractivity contribution in [2.75, 3.05) is 12.4 Å². The summed E-state index contributed by atoms with van der Waals surface area (Å²) in [5.41, 5.74) is 3.59. The predicted molar refractivity (Wildman–Crippen MR) is 76.8 cm³/mol. The van der Waals surface area contributed by atoms with Crippen molar-refractivity contribution in [1.82, 2.24) is 0 Å². The number of nitriles is 1. The van der Waals surface area contributed by atoms with Gasteiger partial charge in [-0.3, -0.25) is 0 Å². The highest BCUT2D eigenvalue weighted by Crippen LogP contribution is 2.25. The molecule has 96 valence electrons. The van der Waals surface area contributed by atoms with E-state index >= 15 is 0 Å². The molecule has 19 heavy (non-hydrogen) atoms.